The van der Waals surface area contributed by atoms with Crippen LogP contribution in [0.15, 0.2) is 18.2 Å². The highest BCUT2D eigenvalue weighted by Gasteiger charge is 2.64. The number of hydrogen-bond donors (Lipinski definition) is 1. The second kappa shape index (κ2) is 4.59. The molecule has 0 saturated heterocycles. The summed E-state index contributed by atoms with van der Waals surface area (Å²) in [4.78, 5) is 9.04. The molecule has 1 aromatic carbocycles. The third-order valence-corrected chi connectivity index (χ3v) is 2.23. The molecule has 1 aromatic rings. The van der Waals surface area contributed by atoms with Gasteiger partial charge in [0.1, 0.15) is 0 Å². The lowest BCUT2D eigenvalue weighted by molar-refractivity contribution is -0.386. The topological polar surface area (TPSA) is 63.4 Å². The van der Waals surface area contributed by atoms with Gasteiger partial charge >= 0.3 is 24.0 Å². The highest BCUT2D eigenvalue weighted by Crippen LogP contribution is 2.47. The maximum Gasteiger partial charge on any atom is 0.373 e. The number of phenols is 1. The van der Waals surface area contributed by atoms with Crippen molar-refractivity contribution in [2.45, 2.75) is 18.3 Å². The lowest BCUT2D eigenvalue weighted by Crippen LogP contribution is -2.44. The molecule has 1 N–H and O–H groups in total. The van der Waals surface area contributed by atoms with E-state index in [2.05, 4.69) is 0 Å². The Bertz CT molecular complexity index is 505. The Morgan fingerprint density at radius 2 is 1.74 bits per heavy atom. The summed E-state index contributed by atoms with van der Waals surface area (Å²) in [7, 11) is 0. The van der Waals surface area contributed by atoms with Crippen molar-refractivity contribution in [3.8, 4) is 5.75 Å². The summed E-state index contributed by atoms with van der Waals surface area (Å²) in [6.45, 7) is 0. The van der Waals surface area contributed by atoms with Crippen LogP contribution in [0.4, 0.5) is 32.0 Å². The van der Waals surface area contributed by atoms with Gasteiger partial charge in [0, 0.05) is 11.6 Å². The molecule has 0 aromatic heterocycles. The molecule has 0 radical (unpaired) electrons. The SMILES string of the molecule is O=[N+]([O-])c1cc(C(F)(F)C(F)(F)C(F)F)ccc1O. The molecule has 106 valence electrons. The summed E-state index contributed by atoms with van der Waals surface area (Å²) in [6, 6.07) is 0.479. The average molecular weight is 289 g/mol. The Morgan fingerprint density at radius 1 is 1.21 bits per heavy atom. The quantitative estimate of drug-likeness (QED) is 0.525. The minimum atomic E-state index is -5.70. The molecule has 0 aliphatic rings. The van der Waals surface area contributed by atoms with Crippen LogP contribution in [0.25, 0.3) is 0 Å². The third-order valence-electron chi connectivity index (χ3n) is 2.23. The van der Waals surface area contributed by atoms with Crippen LogP contribution in [-0.4, -0.2) is 22.4 Å². The Labute approximate surface area is 101 Å². The molecule has 1 rings (SSSR count). The van der Waals surface area contributed by atoms with E-state index in [4.69, 9.17) is 5.11 Å². The summed E-state index contributed by atoms with van der Waals surface area (Å²) in [5, 5.41) is 19.3. The molecule has 0 atom stereocenters. The van der Waals surface area contributed by atoms with Gasteiger partial charge in [-0.05, 0) is 12.1 Å². The fourth-order valence-corrected chi connectivity index (χ4v) is 1.19. The molecule has 0 bridgehead atoms. The fraction of sp³-hybridized carbons (Fsp3) is 0.333. The van der Waals surface area contributed by atoms with Crippen molar-refractivity contribution in [3.63, 3.8) is 0 Å². The number of hydrogen-bond acceptors (Lipinski definition) is 3. The third kappa shape index (κ3) is 2.42. The molecular formula is C9H5F6NO3. The Hall–Kier alpha value is -2.00. The molecule has 19 heavy (non-hydrogen) atoms. The molecule has 0 fully saturated rings. The van der Waals surface area contributed by atoms with E-state index in [1.165, 1.54) is 0 Å². The first kappa shape index (κ1) is 15.1. The molecule has 0 spiro atoms. The first-order valence-corrected chi connectivity index (χ1v) is 4.53. The number of benzene rings is 1. The number of halogens is 6. The lowest BCUT2D eigenvalue weighted by Gasteiger charge is -2.25. The van der Waals surface area contributed by atoms with Crippen LogP contribution in [-0.2, 0) is 5.92 Å². The predicted molar refractivity (Wildman–Crippen MR) is 49.6 cm³/mol. The summed E-state index contributed by atoms with van der Waals surface area (Å²) in [6.07, 6.45) is -4.66. The van der Waals surface area contributed by atoms with E-state index >= 15 is 0 Å². The van der Waals surface area contributed by atoms with Crippen LogP contribution < -0.4 is 0 Å². The van der Waals surface area contributed by atoms with Crippen LogP contribution in [0, 0.1) is 10.1 Å². The molecule has 0 aliphatic heterocycles. The molecule has 0 heterocycles. The number of alkyl halides is 6. The van der Waals surface area contributed by atoms with Crippen LogP contribution in [0.3, 0.4) is 0 Å². The Kier molecular flexibility index (Phi) is 3.64. The van der Waals surface area contributed by atoms with Crippen molar-refractivity contribution in [3.05, 3.63) is 33.9 Å². The molecule has 0 unspecified atom stereocenters. The Morgan fingerprint density at radius 3 is 2.16 bits per heavy atom. The average Bonchev–Trinajstić information content (AvgIpc) is 2.28. The largest absolute Gasteiger partial charge is 0.502 e. The van der Waals surface area contributed by atoms with E-state index in [9.17, 15) is 36.5 Å². The number of rotatable bonds is 4. The van der Waals surface area contributed by atoms with E-state index < -0.39 is 40.2 Å². The van der Waals surface area contributed by atoms with Crippen LogP contribution in [0.5, 0.6) is 5.75 Å². The summed E-state index contributed by atoms with van der Waals surface area (Å²) >= 11 is 0. The van der Waals surface area contributed by atoms with Gasteiger partial charge in [-0.25, -0.2) is 8.78 Å². The summed E-state index contributed by atoms with van der Waals surface area (Å²) in [5.41, 5.74) is -2.98. The van der Waals surface area contributed by atoms with Gasteiger partial charge in [-0.2, -0.15) is 17.6 Å². The zero-order valence-electron chi connectivity index (χ0n) is 8.79. The summed E-state index contributed by atoms with van der Waals surface area (Å²) < 4.78 is 75.7. The predicted octanol–water partition coefficient (Wildman–Crippen LogP) is 3.29. The normalized spacial score (nSPS) is 12.8. The molecular weight excluding hydrogens is 284 g/mol. The number of nitrogens with zero attached hydrogens (tertiary/aromatic N) is 1. The second-order valence-corrected chi connectivity index (χ2v) is 3.46. The zero-order chi connectivity index (χ0) is 15.0. The van der Waals surface area contributed by atoms with E-state index in [1.807, 2.05) is 0 Å². The molecule has 0 saturated carbocycles. The molecule has 4 nitrogen and oxygen atoms in total. The van der Waals surface area contributed by atoms with Crippen molar-refractivity contribution >= 4 is 5.69 Å². The first-order valence-electron chi connectivity index (χ1n) is 4.53. The lowest BCUT2D eigenvalue weighted by atomic mass is 10.0. The zero-order valence-corrected chi connectivity index (χ0v) is 8.79. The molecule has 10 heteroatoms. The Balaban J connectivity index is 3.37. The number of nitro benzene ring substituents is 1. The minimum absolute atomic E-state index is 0.0778. The van der Waals surface area contributed by atoms with Gasteiger partial charge < -0.3 is 5.11 Å². The van der Waals surface area contributed by atoms with Crippen molar-refractivity contribution < 1.29 is 36.4 Å². The number of aromatic hydroxyl groups is 1. The van der Waals surface area contributed by atoms with Gasteiger partial charge in [0.15, 0.2) is 5.75 Å². The smallest absolute Gasteiger partial charge is 0.373 e. The maximum atomic E-state index is 13.2. The standard InChI is InChI=1S/C9H5F6NO3/c10-7(11)9(14,15)8(12,13)4-1-2-6(17)5(3-4)16(18)19/h1-3,7,17H. The monoisotopic (exact) mass is 289 g/mol. The molecule has 0 aliphatic carbocycles. The van der Waals surface area contributed by atoms with Crippen molar-refractivity contribution in [1.29, 1.82) is 0 Å². The van der Waals surface area contributed by atoms with Crippen LogP contribution in [0.2, 0.25) is 0 Å². The van der Waals surface area contributed by atoms with E-state index in [1.54, 1.807) is 0 Å². The van der Waals surface area contributed by atoms with E-state index in [0.29, 0.717) is 6.07 Å². The van der Waals surface area contributed by atoms with Gasteiger partial charge in [-0.15, -0.1) is 0 Å². The number of phenolic OH excluding ortho intramolecular Hbond substituents is 1. The number of nitro groups is 1. The van der Waals surface area contributed by atoms with Gasteiger partial charge in [-0.3, -0.25) is 10.1 Å². The maximum absolute atomic E-state index is 13.2. The van der Waals surface area contributed by atoms with Crippen molar-refractivity contribution in [2.24, 2.45) is 0 Å². The van der Waals surface area contributed by atoms with Crippen LogP contribution in [0.1, 0.15) is 5.56 Å². The van der Waals surface area contributed by atoms with Crippen LogP contribution >= 0.6 is 0 Å². The summed E-state index contributed by atoms with van der Waals surface area (Å²) in [5.74, 6) is -12.1. The van der Waals surface area contributed by atoms with Gasteiger partial charge in [0.2, 0.25) is 0 Å². The minimum Gasteiger partial charge on any atom is -0.502 e. The second-order valence-electron chi connectivity index (χ2n) is 3.46. The highest BCUT2D eigenvalue weighted by atomic mass is 19.3. The van der Waals surface area contributed by atoms with E-state index in [0.717, 1.165) is 0 Å². The van der Waals surface area contributed by atoms with Gasteiger partial charge in [0.05, 0.1) is 4.92 Å². The van der Waals surface area contributed by atoms with Gasteiger partial charge in [0.25, 0.3) is 0 Å². The van der Waals surface area contributed by atoms with Crippen molar-refractivity contribution in [2.75, 3.05) is 0 Å². The van der Waals surface area contributed by atoms with Gasteiger partial charge in [-0.1, -0.05) is 0 Å². The fourth-order valence-electron chi connectivity index (χ4n) is 1.19. The molecule has 0 amide bonds. The first-order chi connectivity index (χ1) is 8.51. The van der Waals surface area contributed by atoms with Crippen molar-refractivity contribution in [1.82, 2.24) is 0 Å². The van der Waals surface area contributed by atoms with E-state index in [-0.39, 0.29) is 12.1 Å². The highest BCUT2D eigenvalue weighted by molar-refractivity contribution is 5.49.